The second-order valence-corrected chi connectivity index (χ2v) is 7.20. The topological polar surface area (TPSA) is 128 Å². The molecule has 150 valence electrons. The second-order valence-electron chi connectivity index (χ2n) is 7.20. The van der Waals surface area contributed by atoms with E-state index in [0.717, 1.165) is 0 Å². The first-order valence-corrected chi connectivity index (χ1v) is 9.11. The highest BCUT2D eigenvalue weighted by Gasteiger charge is 2.61. The average Bonchev–Trinajstić information content (AvgIpc) is 3.29. The fourth-order valence-electron chi connectivity index (χ4n) is 3.45. The zero-order valence-corrected chi connectivity index (χ0v) is 16.0. The summed E-state index contributed by atoms with van der Waals surface area (Å²) in [4.78, 5) is 24.2. The van der Waals surface area contributed by atoms with Gasteiger partial charge >= 0.3 is 0 Å². The minimum atomic E-state index is -1.35. The van der Waals surface area contributed by atoms with Crippen molar-refractivity contribution in [2.45, 2.75) is 64.4 Å². The van der Waals surface area contributed by atoms with Crippen LogP contribution in [0, 0.1) is 17.8 Å². The van der Waals surface area contributed by atoms with Gasteiger partial charge in [-0.15, -0.1) is 0 Å². The Hall–Kier alpha value is -1.12. The fourth-order valence-corrected chi connectivity index (χ4v) is 3.45. The number of ether oxygens (including phenoxy) is 1. The van der Waals surface area contributed by atoms with Gasteiger partial charge in [-0.2, -0.15) is 0 Å². The van der Waals surface area contributed by atoms with E-state index in [0.29, 0.717) is 0 Å². The number of epoxide rings is 1. The lowest BCUT2D eigenvalue weighted by molar-refractivity contribution is -0.140. The first-order chi connectivity index (χ1) is 12.2. The van der Waals surface area contributed by atoms with E-state index < -0.39 is 48.6 Å². The molecule has 0 bridgehead atoms. The largest absolute Gasteiger partial charge is 0.396 e. The highest BCUT2D eigenvalue weighted by molar-refractivity contribution is 5.86. The van der Waals surface area contributed by atoms with Crippen molar-refractivity contribution < 1.29 is 34.8 Å². The minimum absolute atomic E-state index is 0.0236. The number of ketones is 2. The number of Topliss-reactive ketones (excluding diaryl/α,β-unsaturated/α-hetero) is 2. The van der Waals surface area contributed by atoms with Crippen LogP contribution in [-0.4, -0.2) is 69.1 Å². The van der Waals surface area contributed by atoms with Crippen molar-refractivity contribution in [2.75, 3.05) is 13.2 Å². The summed E-state index contributed by atoms with van der Waals surface area (Å²) in [7, 11) is 0. The summed E-state index contributed by atoms with van der Waals surface area (Å²) in [5.74, 6) is -3.34. The lowest BCUT2D eigenvalue weighted by Gasteiger charge is -2.28. The number of allylic oxidation sites excluding steroid dienone is 1. The SMILES string of the molecule is C/C=C\[C@H](C)[C@H]1O[C@@]1(C)[C@@H](O)[C@@H](CO)C(=O)[C@H](CO)[C@H](O)CC(=O)CC. The molecule has 1 saturated heterocycles. The van der Waals surface area contributed by atoms with Gasteiger partial charge in [-0.3, -0.25) is 9.59 Å². The zero-order valence-electron chi connectivity index (χ0n) is 16.0. The van der Waals surface area contributed by atoms with Crippen molar-refractivity contribution in [3.63, 3.8) is 0 Å². The molecule has 7 nitrogen and oxygen atoms in total. The number of rotatable bonds is 12. The number of carbonyl (C=O) groups excluding carboxylic acids is 2. The normalized spacial score (nSPS) is 28.4. The molecule has 7 atom stereocenters. The van der Waals surface area contributed by atoms with Crippen molar-refractivity contribution >= 4 is 11.6 Å². The van der Waals surface area contributed by atoms with Crippen LogP contribution in [0.1, 0.15) is 40.5 Å². The predicted octanol–water partition coefficient (Wildman–Crippen LogP) is 0.233. The van der Waals surface area contributed by atoms with Crippen LogP contribution in [0.3, 0.4) is 0 Å². The molecule has 0 aromatic heterocycles. The summed E-state index contributed by atoms with van der Waals surface area (Å²) in [5.41, 5.74) is -0.994. The van der Waals surface area contributed by atoms with Crippen LogP contribution in [0.5, 0.6) is 0 Å². The molecule has 0 saturated carbocycles. The van der Waals surface area contributed by atoms with Crippen molar-refractivity contribution in [3.8, 4) is 0 Å². The maximum absolute atomic E-state index is 12.7. The van der Waals surface area contributed by atoms with Crippen molar-refractivity contribution in [2.24, 2.45) is 17.8 Å². The average molecular weight is 372 g/mol. The molecule has 0 spiro atoms. The molecule has 1 aliphatic heterocycles. The molecule has 0 unspecified atom stereocenters. The maximum Gasteiger partial charge on any atom is 0.148 e. The summed E-state index contributed by atoms with van der Waals surface area (Å²) < 4.78 is 5.63. The van der Waals surface area contributed by atoms with E-state index in [4.69, 9.17) is 4.74 Å². The van der Waals surface area contributed by atoms with Crippen molar-refractivity contribution in [1.29, 1.82) is 0 Å². The van der Waals surface area contributed by atoms with E-state index in [9.17, 15) is 30.0 Å². The Morgan fingerprint density at radius 3 is 2.23 bits per heavy atom. The Labute approximate surface area is 154 Å². The van der Waals surface area contributed by atoms with E-state index >= 15 is 0 Å². The number of hydrogen-bond acceptors (Lipinski definition) is 7. The third-order valence-electron chi connectivity index (χ3n) is 5.25. The van der Waals surface area contributed by atoms with Crippen LogP contribution in [0.2, 0.25) is 0 Å². The first kappa shape index (κ1) is 22.9. The smallest absolute Gasteiger partial charge is 0.148 e. The van der Waals surface area contributed by atoms with Crippen LogP contribution in [0.15, 0.2) is 12.2 Å². The molecule has 0 radical (unpaired) electrons. The van der Waals surface area contributed by atoms with Crippen molar-refractivity contribution in [3.05, 3.63) is 12.2 Å². The molecule has 7 heteroatoms. The minimum Gasteiger partial charge on any atom is -0.396 e. The lowest BCUT2D eigenvalue weighted by atomic mass is 9.79. The summed E-state index contributed by atoms with van der Waals surface area (Å²) in [6, 6.07) is 0. The van der Waals surface area contributed by atoms with Crippen LogP contribution >= 0.6 is 0 Å². The molecule has 26 heavy (non-hydrogen) atoms. The Balaban J connectivity index is 2.88. The second kappa shape index (κ2) is 9.71. The van der Waals surface area contributed by atoms with E-state index in [1.54, 1.807) is 13.8 Å². The van der Waals surface area contributed by atoms with Crippen LogP contribution in [-0.2, 0) is 14.3 Å². The number of carbonyl (C=O) groups is 2. The van der Waals surface area contributed by atoms with E-state index in [2.05, 4.69) is 0 Å². The number of aliphatic hydroxyl groups excluding tert-OH is 4. The Bertz CT molecular complexity index is 518. The molecule has 0 aliphatic carbocycles. The molecule has 1 rings (SSSR count). The predicted molar refractivity (Wildman–Crippen MR) is 95.3 cm³/mol. The van der Waals surface area contributed by atoms with Gasteiger partial charge in [0.15, 0.2) is 0 Å². The Kier molecular flexibility index (Phi) is 8.56. The number of hydrogen-bond donors (Lipinski definition) is 4. The van der Waals surface area contributed by atoms with Gasteiger partial charge in [0.25, 0.3) is 0 Å². The van der Waals surface area contributed by atoms with Crippen LogP contribution < -0.4 is 0 Å². The summed E-state index contributed by atoms with van der Waals surface area (Å²) in [6.45, 7) is 5.79. The Morgan fingerprint density at radius 1 is 1.19 bits per heavy atom. The van der Waals surface area contributed by atoms with Crippen LogP contribution in [0.4, 0.5) is 0 Å². The monoisotopic (exact) mass is 372 g/mol. The summed E-state index contributed by atoms with van der Waals surface area (Å²) in [6.07, 6.45) is 0.816. The molecule has 0 aromatic carbocycles. The zero-order chi connectivity index (χ0) is 20.1. The molecular formula is C19H32O7. The van der Waals surface area contributed by atoms with Gasteiger partial charge in [-0.25, -0.2) is 0 Å². The quantitative estimate of drug-likeness (QED) is 0.285. The molecule has 1 heterocycles. The highest BCUT2D eigenvalue weighted by atomic mass is 16.6. The molecule has 0 amide bonds. The van der Waals surface area contributed by atoms with Gasteiger partial charge in [0.2, 0.25) is 0 Å². The standard InChI is InChI=1S/C19H32O7/c1-5-7-11(3)18-19(4,26-18)17(25)14(10-21)16(24)13(9-20)15(23)8-12(22)6-2/h5,7,11,13-15,17-18,20-21,23,25H,6,8-10H2,1-4H3/b7-5-/t11-,13+,14-,15+,17-,18+,19-/m0/s1. The maximum atomic E-state index is 12.7. The first-order valence-electron chi connectivity index (χ1n) is 9.11. The van der Waals surface area contributed by atoms with Gasteiger partial charge in [0.05, 0.1) is 43.4 Å². The highest BCUT2D eigenvalue weighted by Crippen LogP contribution is 2.46. The van der Waals surface area contributed by atoms with E-state index in [1.165, 1.54) is 0 Å². The van der Waals surface area contributed by atoms with E-state index in [-0.39, 0.29) is 30.6 Å². The van der Waals surface area contributed by atoms with Crippen molar-refractivity contribution in [1.82, 2.24) is 0 Å². The fraction of sp³-hybridized carbons (Fsp3) is 0.789. The van der Waals surface area contributed by atoms with Gasteiger partial charge < -0.3 is 25.2 Å². The molecular weight excluding hydrogens is 340 g/mol. The van der Waals surface area contributed by atoms with Gasteiger partial charge in [-0.05, 0) is 13.8 Å². The van der Waals surface area contributed by atoms with Gasteiger partial charge in [-0.1, -0.05) is 26.0 Å². The molecule has 0 aromatic rings. The van der Waals surface area contributed by atoms with Gasteiger partial charge in [0.1, 0.15) is 17.2 Å². The van der Waals surface area contributed by atoms with Gasteiger partial charge in [0, 0.05) is 18.8 Å². The molecule has 4 N–H and O–H groups in total. The summed E-state index contributed by atoms with van der Waals surface area (Å²) >= 11 is 0. The lowest BCUT2D eigenvalue weighted by Crippen LogP contribution is -2.47. The third kappa shape index (κ3) is 4.98. The Morgan fingerprint density at radius 2 is 1.77 bits per heavy atom. The summed E-state index contributed by atoms with van der Waals surface area (Å²) in [5, 5.41) is 40.0. The molecule has 1 aliphatic rings. The number of aliphatic hydroxyl groups is 4. The molecule has 1 fully saturated rings. The van der Waals surface area contributed by atoms with Crippen LogP contribution in [0.25, 0.3) is 0 Å². The third-order valence-corrected chi connectivity index (χ3v) is 5.25. The van der Waals surface area contributed by atoms with E-state index in [1.807, 2.05) is 26.0 Å².